The number of guanidine groups is 1. The first kappa shape index (κ1) is 24.1. The number of aliphatic imine (C=N–C) groups is 1. The maximum Gasteiger partial charge on any atom is 0.191 e. The second-order valence-electron chi connectivity index (χ2n) is 7.50. The van der Waals surface area contributed by atoms with Crippen molar-refractivity contribution in [1.82, 2.24) is 20.5 Å². The van der Waals surface area contributed by atoms with Crippen molar-refractivity contribution in [2.24, 2.45) is 4.99 Å². The molecule has 2 N–H and O–H groups in total. The lowest BCUT2D eigenvalue weighted by atomic mass is 10.2. The Balaban J connectivity index is 0.00000300. The van der Waals surface area contributed by atoms with Crippen LogP contribution < -0.4 is 15.5 Å². The number of anilines is 1. The highest BCUT2D eigenvalue weighted by Gasteiger charge is 2.11. The number of pyridine rings is 1. The van der Waals surface area contributed by atoms with E-state index in [2.05, 4.69) is 44.5 Å². The first-order valence-electron chi connectivity index (χ1n) is 10.9. The van der Waals surface area contributed by atoms with Crippen LogP contribution in [0, 0.1) is 0 Å². The number of nitrogens with one attached hydrogen (secondary N) is 2. The molecule has 2 saturated heterocycles. The van der Waals surface area contributed by atoms with Gasteiger partial charge in [-0.25, -0.2) is 9.98 Å². The van der Waals surface area contributed by atoms with E-state index in [0.29, 0.717) is 6.54 Å². The van der Waals surface area contributed by atoms with Gasteiger partial charge in [0.2, 0.25) is 0 Å². The molecule has 0 aromatic carbocycles. The van der Waals surface area contributed by atoms with Crippen LogP contribution in [-0.2, 0) is 11.3 Å². The average Bonchev–Trinajstić information content (AvgIpc) is 3.03. The Labute approximate surface area is 192 Å². The van der Waals surface area contributed by atoms with E-state index in [4.69, 9.17) is 9.73 Å². The van der Waals surface area contributed by atoms with E-state index in [-0.39, 0.29) is 24.0 Å². The fourth-order valence-corrected chi connectivity index (χ4v) is 3.67. The third-order valence-electron chi connectivity index (χ3n) is 5.33. The Kier molecular flexibility index (Phi) is 11.6. The van der Waals surface area contributed by atoms with Crippen molar-refractivity contribution in [2.45, 2.75) is 39.2 Å². The molecular formula is C21H37IN6O. The summed E-state index contributed by atoms with van der Waals surface area (Å²) in [5.41, 5.74) is 1.14. The first-order valence-corrected chi connectivity index (χ1v) is 10.9. The van der Waals surface area contributed by atoms with Gasteiger partial charge in [0, 0.05) is 52.0 Å². The predicted octanol–water partition coefficient (Wildman–Crippen LogP) is 2.47. The second-order valence-corrected chi connectivity index (χ2v) is 7.50. The molecule has 0 radical (unpaired) electrons. The van der Waals surface area contributed by atoms with Gasteiger partial charge in [0.25, 0.3) is 0 Å². The summed E-state index contributed by atoms with van der Waals surface area (Å²) in [6, 6.07) is 4.31. The van der Waals surface area contributed by atoms with Crippen LogP contribution >= 0.6 is 24.0 Å². The number of nitrogens with zero attached hydrogens (tertiary/aromatic N) is 4. The van der Waals surface area contributed by atoms with Gasteiger partial charge in [0.05, 0.1) is 19.8 Å². The van der Waals surface area contributed by atoms with Crippen LogP contribution in [0.4, 0.5) is 5.82 Å². The van der Waals surface area contributed by atoms with E-state index in [0.717, 1.165) is 76.4 Å². The zero-order valence-electron chi connectivity index (χ0n) is 17.7. The molecule has 2 aliphatic rings. The molecule has 0 aliphatic carbocycles. The van der Waals surface area contributed by atoms with Crippen LogP contribution in [-0.4, -0.2) is 74.9 Å². The van der Waals surface area contributed by atoms with Gasteiger partial charge >= 0.3 is 0 Å². The molecule has 2 aliphatic heterocycles. The van der Waals surface area contributed by atoms with E-state index in [9.17, 15) is 0 Å². The van der Waals surface area contributed by atoms with Gasteiger partial charge in [0.1, 0.15) is 5.82 Å². The summed E-state index contributed by atoms with van der Waals surface area (Å²) >= 11 is 0. The summed E-state index contributed by atoms with van der Waals surface area (Å²) in [7, 11) is 0. The second kappa shape index (κ2) is 14.0. The smallest absolute Gasteiger partial charge is 0.191 e. The van der Waals surface area contributed by atoms with Gasteiger partial charge in [0.15, 0.2) is 5.96 Å². The van der Waals surface area contributed by atoms with E-state index in [1.807, 2.05) is 6.20 Å². The highest BCUT2D eigenvalue weighted by Crippen LogP contribution is 2.17. The highest BCUT2D eigenvalue weighted by molar-refractivity contribution is 14.0. The van der Waals surface area contributed by atoms with E-state index in [1.165, 1.54) is 25.7 Å². The molecule has 0 saturated carbocycles. The molecule has 164 valence electrons. The molecule has 1 aromatic rings. The summed E-state index contributed by atoms with van der Waals surface area (Å²) < 4.78 is 5.40. The van der Waals surface area contributed by atoms with Crippen molar-refractivity contribution in [3.8, 4) is 0 Å². The molecule has 1 aromatic heterocycles. The fraction of sp³-hybridized carbons (Fsp3) is 0.714. The molecule has 8 heteroatoms. The molecule has 0 atom stereocenters. The monoisotopic (exact) mass is 516 g/mol. The minimum Gasteiger partial charge on any atom is -0.379 e. The van der Waals surface area contributed by atoms with Crippen molar-refractivity contribution in [2.75, 3.05) is 63.9 Å². The lowest BCUT2D eigenvalue weighted by Crippen LogP contribution is -2.44. The average molecular weight is 516 g/mol. The summed E-state index contributed by atoms with van der Waals surface area (Å²) in [4.78, 5) is 14.2. The third kappa shape index (κ3) is 8.64. The van der Waals surface area contributed by atoms with Crippen molar-refractivity contribution in [1.29, 1.82) is 0 Å². The molecule has 7 nitrogen and oxygen atoms in total. The minimum absolute atomic E-state index is 0. The minimum atomic E-state index is 0. The van der Waals surface area contributed by atoms with Gasteiger partial charge in [-0.05, 0) is 31.4 Å². The highest BCUT2D eigenvalue weighted by atomic mass is 127. The lowest BCUT2D eigenvalue weighted by Gasteiger charge is -2.26. The van der Waals surface area contributed by atoms with Crippen molar-refractivity contribution in [3.63, 3.8) is 0 Å². The largest absolute Gasteiger partial charge is 0.379 e. The molecule has 3 rings (SSSR count). The summed E-state index contributed by atoms with van der Waals surface area (Å²) in [5, 5.41) is 6.76. The van der Waals surface area contributed by atoms with Crippen LogP contribution in [0.1, 0.15) is 38.2 Å². The topological polar surface area (TPSA) is 65.0 Å². The Morgan fingerprint density at radius 3 is 2.48 bits per heavy atom. The summed E-state index contributed by atoms with van der Waals surface area (Å²) in [6.45, 7) is 11.5. The molecule has 2 fully saturated rings. The van der Waals surface area contributed by atoms with Crippen molar-refractivity contribution in [3.05, 3.63) is 23.9 Å². The Bertz CT molecular complexity index is 583. The van der Waals surface area contributed by atoms with E-state index in [1.54, 1.807) is 0 Å². The first-order chi connectivity index (χ1) is 13.8. The van der Waals surface area contributed by atoms with E-state index >= 15 is 0 Å². The molecule has 0 spiro atoms. The SMILES string of the molecule is CCNC(=NCc1ccc(N2CCCCCC2)nc1)NCCN1CCOCC1.I. The van der Waals surface area contributed by atoms with Crippen LogP contribution in [0.3, 0.4) is 0 Å². The molecule has 0 bridgehead atoms. The van der Waals surface area contributed by atoms with Gasteiger partial charge in [-0.15, -0.1) is 24.0 Å². The Morgan fingerprint density at radius 2 is 1.83 bits per heavy atom. The summed E-state index contributed by atoms with van der Waals surface area (Å²) in [5.74, 6) is 1.97. The third-order valence-corrected chi connectivity index (χ3v) is 5.33. The number of rotatable bonds is 7. The maximum atomic E-state index is 5.40. The van der Waals surface area contributed by atoms with Crippen LogP contribution in [0.2, 0.25) is 0 Å². The normalized spacial score (nSPS) is 18.7. The molecule has 29 heavy (non-hydrogen) atoms. The maximum absolute atomic E-state index is 5.40. The number of halogens is 1. The van der Waals surface area contributed by atoms with Crippen LogP contribution in [0.5, 0.6) is 0 Å². The van der Waals surface area contributed by atoms with Gasteiger partial charge < -0.3 is 20.3 Å². The standard InChI is InChI=1S/C21H36N6O.HI/c1-2-22-21(23-9-12-26-13-15-28-16-14-26)25-18-19-7-8-20(24-17-19)27-10-5-3-4-6-11-27;/h7-8,17H,2-6,9-16,18H2,1H3,(H2,22,23,25);1H. The molecule has 0 unspecified atom stereocenters. The van der Waals surface area contributed by atoms with Crippen molar-refractivity contribution >= 4 is 35.8 Å². The quantitative estimate of drug-likeness (QED) is 0.330. The summed E-state index contributed by atoms with van der Waals surface area (Å²) in [6.07, 6.45) is 7.21. The Hall–Kier alpha value is -1.13. The number of hydrogen-bond donors (Lipinski definition) is 2. The van der Waals surface area contributed by atoms with Gasteiger partial charge in [-0.2, -0.15) is 0 Å². The van der Waals surface area contributed by atoms with Gasteiger partial charge in [-0.3, -0.25) is 4.90 Å². The van der Waals surface area contributed by atoms with E-state index < -0.39 is 0 Å². The zero-order valence-corrected chi connectivity index (χ0v) is 20.1. The number of hydrogen-bond acceptors (Lipinski definition) is 5. The predicted molar refractivity (Wildman–Crippen MR) is 130 cm³/mol. The molecular weight excluding hydrogens is 479 g/mol. The number of aromatic nitrogens is 1. The lowest BCUT2D eigenvalue weighted by molar-refractivity contribution is 0.0389. The molecule has 3 heterocycles. The van der Waals surface area contributed by atoms with Crippen LogP contribution in [0.25, 0.3) is 0 Å². The fourth-order valence-electron chi connectivity index (χ4n) is 3.67. The van der Waals surface area contributed by atoms with Gasteiger partial charge in [-0.1, -0.05) is 18.9 Å². The molecule has 0 amide bonds. The van der Waals surface area contributed by atoms with Crippen LogP contribution in [0.15, 0.2) is 23.3 Å². The number of ether oxygens (including phenoxy) is 1. The zero-order chi connectivity index (χ0) is 19.4. The van der Waals surface area contributed by atoms with Crippen molar-refractivity contribution < 1.29 is 4.74 Å². The Morgan fingerprint density at radius 1 is 1.07 bits per heavy atom. The number of morpholine rings is 1.